The molecule has 0 saturated heterocycles. The first-order valence-corrected chi connectivity index (χ1v) is 13.1. The van der Waals surface area contributed by atoms with Gasteiger partial charge in [-0.2, -0.15) is 0 Å². The Morgan fingerprint density at radius 3 is 2.26 bits per heavy atom. The van der Waals surface area contributed by atoms with Crippen LogP contribution >= 0.6 is 0 Å². The third-order valence-electron chi connectivity index (χ3n) is 7.98. The first-order chi connectivity index (χ1) is 20.1. The molecule has 1 spiro atoms. The number of aliphatic hydroxyl groups is 3. The zero-order valence-electron chi connectivity index (χ0n) is 22.1. The maximum Gasteiger partial charge on any atom is 0.260 e. The lowest BCUT2D eigenvalue weighted by Gasteiger charge is -2.27. The Morgan fingerprint density at radius 2 is 1.60 bits per heavy atom. The number of H-pyrrole nitrogens is 1. The Morgan fingerprint density at radius 1 is 0.905 bits per heavy atom. The summed E-state index contributed by atoms with van der Waals surface area (Å²) < 4.78 is 5.08. The highest BCUT2D eigenvalue weighted by atomic mass is 16.5. The first-order valence-electron chi connectivity index (χ1n) is 13.1. The van der Waals surface area contributed by atoms with Crippen LogP contribution in [0.5, 0.6) is 11.5 Å². The number of phenolic OH excluding ortho intramolecular Hbond substituents is 1. The van der Waals surface area contributed by atoms with Gasteiger partial charge in [-0.15, -0.1) is 0 Å². The van der Waals surface area contributed by atoms with E-state index in [4.69, 9.17) is 9.84 Å². The normalized spacial score (nSPS) is 17.9. The largest absolute Gasteiger partial charge is 0.510 e. The van der Waals surface area contributed by atoms with Crippen LogP contribution in [0, 0.1) is 10.4 Å². The van der Waals surface area contributed by atoms with E-state index in [1.807, 2.05) is 13.0 Å². The van der Waals surface area contributed by atoms with Crippen LogP contribution in [-0.2, 0) is 11.8 Å². The van der Waals surface area contributed by atoms with Gasteiger partial charge in [0, 0.05) is 17.3 Å². The molecule has 0 amide bonds. The molecule has 4 aliphatic carbocycles. The molecule has 212 valence electrons. The second-order valence-corrected chi connectivity index (χ2v) is 10.2. The number of rotatable bonds is 5. The van der Waals surface area contributed by atoms with Gasteiger partial charge in [0.05, 0.1) is 32.9 Å². The molecule has 1 aromatic carbocycles. The summed E-state index contributed by atoms with van der Waals surface area (Å²) in [5.74, 6) is -2.63. The predicted octanol–water partition coefficient (Wildman–Crippen LogP) is -0.535. The van der Waals surface area contributed by atoms with Crippen molar-refractivity contribution < 1.29 is 25.2 Å². The van der Waals surface area contributed by atoms with Crippen molar-refractivity contribution in [3.8, 4) is 11.5 Å². The fraction of sp³-hybridized carbons (Fsp3) is 0.194. The van der Waals surface area contributed by atoms with Crippen LogP contribution in [-0.4, -0.2) is 38.6 Å². The monoisotopic (exact) mass is 569 g/mol. The molecule has 11 nitrogen and oxygen atoms in total. The summed E-state index contributed by atoms with van der Waals surface area (Å²) >= 11 is 0. The standard InChI is InChI=1S/C31H23NO10/c1-2-3-4-5-15-11-14-10-13-6-7-31(23(13)27(38)18(14)30(41)32-15)28(39)21-22(29(31)40)26(37)20-19(25(21)36)16(34)12-17(24(20)35)42-9-8-33/h2-5,10-12,33,38-40H,6-9H2,1H3,(H,32,41)/t31-/m0/s1. The van der Waals surface area contributed by atoms with Crippen molar-refractivity contribution in [2.75, 3.05) is 13.2 Å². The molecule has 0 radical (unpaired) electrons. The number of nitrogens with one attached hydrogen (secondary N) is 1. The van der Waals surface area contributed by atoms with Crippen LogP contribution in [0.3, 0.4) is 0 Å². The molecule has 0 unspecified atom stereocenters. The molecule has 0 bridgehead atoms. The molecule has 11 heteroatoms. The second-order valence-electron chi connectivity index (χ2n) is 10.2. The van der Waals surface area contributed by atoms with Gasteiger partial charge in [-0.1, -0.05) is 24.3 Å². The van der Waals surface area contributed by atoms with Gasteiger partial charge < -0.3 is 30.1 Å². The molecule has 42 heavy (non-hydrogen) atoms. The predicted molar refractivity (Wildman–Crippen MR) is 153 cm³/mol. The van der Waals surface area contributed by atoms with E-state index in [0.717, 1.165) is 6.07 Å². The highest BCUT2D eigenvalue weighted by molar-refractivity contribution is 5.94. The number of ether oxygens (including phenoxy) is 1. The lowest BCUT2D eigenvalue weighted by molar-refractivity contribution is 0.200. The van der Waals surface area contributed by atoms with Crippen molar-refractivity contribution in [3.63, 3.8) is 0 Å². The van der Waals surface area contributed by atoms with Crippen LogP contribution in [0.4, 0.5) is 0 Å². The van der Waals surface area contributed by atoms with Crippen molar-refractivity contribution in [1.82, 2.24) is 4.98 Å². The Kier molecular flexibility index (Phi) is 6.01. The minimum absolute atomic E-state index is 0.0524. The van der Waals surface area contributed by atoms with Gasteiger partial charge in [0.2, 0.25) is 16.3 Å². The van der Waals surface area contributed by atoms with Gasteiger partial charge in [-0.25, -0.2) is 0 Å². The third kappa shape index (κ3) is 3.40. The van der Waals surface area contributed by atoms with Gasteiger partial charge in [0.1, 0.15) is 29.3 Å². The Hall–Kier alpha value is -5.29. The summed E-state index contributed by atoms with van der Waals surface area (Å²) in [6.45, 7) is 1.000. The molecule has 1 atom stereocenters. The molecule has 0 saturated carbocycles. The molecule has 1 aromatic heterocycles. The molecular formula is C31H23NO10. The SMILES string of the molecule is CC=CC=Cc1cc2cc3c(c(O)c2c(=O)[nH]1)[C@@]1(CC3)C(O)=c2c(=O)c3c(=O)cc(OCCO)c(=O)c=3c(=O)c2=C1O. The van der Waals surface area contributed by atoms with Gasteiger partial charge in [-0.3, -0.25) is 24.0 Å². The number of aromatic amines is 1. The molecule has 5 N–H and O–H groups in total. The maximum atomic E-state index is 13.7. The number of aliphatic hydroxyl groups excluding tert-OH is 3. The number of aromatic hydroxyl groups is 1. The molecule has 2 aromatic rings. The number of hydrogen-bond acceptors (Lipinski definition) is 10. The summed E-state index contributed by atoms with van der Waals surface area (Å²) in [5, 5.41) is 40.9. The summed E-state index contributed by atoms with van der Waals surface area (Å²) in [5.41, 5.74) is -6.14. The zero-order valence-corrected chi connectivity index (χ0v) is 22.1. The van der Waals surface area contributed by atoms with Gasteiger partial charge in [0.25, 0.3) is 5.56 Å². The minimum Gasteiger partial charge on any atom is -0.510 e. The van der Waals surface area contributed by atoms with E-state index >= 15 is 0 Å². The number of aromatic nitrogens is 1. The zero-order chi connectivity index (χ0) is 30.1. The van der Waals surface area contributed by atoms with E-state index < -0.39 is 83.2 Å². The second kappa shape index (κ2) is 9.38. The van der Waals surface area contributed by atoms with E-state index in [0.29, 0.717) is 16.6 Å². The van der Waals surface area contributed by atoms with E-state index in [1.54, 1.807) is 30.4 Å². The summed E-state index contributed by atoms with van der Waals surface area (Å²) in [6, 6.07) is 4.02. The quantitative estimate of drug-likeness (QED) is 0.195. The van der Waals surface area contributed by atoms with Crippen molar-refractivity contribution in [2.24, 2.45) is 0 Å². The van der Waals surface area contributed by atoms with Crippen LogP contribution in [0.25, 0.3) is 28.4 Å². The van der Waals surface area contributed by atoms with Crippen molar-refractivity contribution in [1.29, 1.82) is 0 Å². The van der Waals surface area contributed by atoms with Crippen molar-refractivity contribution in [2.45, 2.75) is 25.2 Å². The van der Waals surface area contributed by atoms with Gasteiger partial charge in [0.15, 0.2) is 11.2 Å². The molecule has 4 aliphatic rings. The van der Waals surface area contributed by atoms with Crippen LogP contribution < -0.4 is 42.4 Å². The topological polar surface area (TPSA) is 191 Å². The molecule has 0 aliphatic heterocycles. The van der Waals surface area contributed by atoms with E-state index in [2.05, 4.69) is 4.98 Å². The lowest BCUT2D eigenvalue weighted by atomic mass is 9.78. The van der Waals surface area contributed by atoms with Crippen LogP contribution in [0.1, 0.15) is 30.2 Å². The number of phenols is 1. The van der Waals surface area contributed by atoms with E-state index in [-0.39, 0.29) is 30.4 Å². The fourth-order valence-corrected chi connectivity index (χ4v) is 6.24. The number of fused-ring (bicyclic) bond motifs is 4. The number of hydrogen-bond donors (Lipinski definition) is 5. The Labute approximate surface area is 233 Å². The fourth-order valence-electron chi connectivity index (χ4n) is 6.24. The average molecular weight is 570 g/mol. The number of benzene rings is 1. The third-order valence-corrected chi connectivity index (χ3v) is 7.98. The number of allylic oxidation sites excluding steroid dienone is 3. The average Bonchev–Trinajstić information content (AvgIpc) is 3.44. The maximum absolute atomic E-state index is 13.7. The molecular weight excluding hydrogens is 546 g/mol. The Balaban J connectivity index is 1.71. The van der Waals surface area contributed by atoms with E-state index in [1.165, 1.54) is 0 Å². The first kappa shape index (κ1) is 26.9. The minimum atomic E-state index is -1.97. The van der Waals surface area contributed by atoms with Crippen LogP contribution in [0.2, 0.25) is 0 Å². The number of pyridine rings is 1. The van der Waals surface area contributed by atoms with Gasteiger partial charge in [-0.05, 0) is 42.9 Å². The highest BCUT2D eigenvalue weighted by Crippen LogP contribution is 2.54. The van der Waals surface area contributed by atoms with Gasteiger partial charge >= 0.3 is 0 Å². The number of aryl methyl sites for hydroxylation is 1. The lowest BCUT2D eigenvalue weighted by Crippen LogP contribution is -2.52. The Bertz CT molecular complexity index is 2390. The molecule has 1 heterocycles. The van der Waals surface area contributed by atoms with Crippen molar-refractivity contribution >= 4 is 28.4 Å². The summed E-state index contributed by atoms with van der Waals surface area (Å²) in [6.07, 6.45) is 7.07. The van der Waals surface area contributed by atoms with E-state index in [9.17, 15) is 39.3 Å². The smallest absolute Gasteiger partial charge is 0.260 e. The summed E-state index contributed by atoms with van der Waals surface area (Å²) in [4.78, 5) is 68.9. The highest BCUT2D eigenvalue weighted by Gasteiger charge is 2.53. The molecule has 0 fully saturated rings. The molecule has 6 rings (SSSR count). The van der Waals surface area contributed by atoms with Crippen LogP contribution in [0.15, 0.2) is 60.4 Å². The van der Waals surface area contributed by atoms with Crippen molar-refractivity contribution in [3.05, 3.63) is 125 Å². The summed E-state index contributed by atoms with van der Waals surface area (Å²) in [7, 11) is 0.